The molecule has 9 aromatic rings. The van der Waals surface area contributed by atoms with Crippen LogP contribution in [0.15, 0.2) is 255 Å². The minimum atomic E-state index is -0.882. The second-order valence-electron chi connectivity index (χ2n) is 32.1. The van der Waals surface area contributed by atoms with E-state index >= 15 is 0 Å². The van der Waals surface area contributed by atoms with E-state index in [-0.39, 0.29) is 79.0 Å². The van der Waals surface area contributed by atoms with Crippen molar-refractivity contribution in [1.82, 2.24) is 21.4 Å². The van der Waals surface area contributed by atoms with Gasteiger partial charge in [-0.3, -0.25) is 34.0 Å². The third-order valence-corrected chi connectivity index (χ3v) is 24.0. The zero-order valence-corrected chi connectivity index (χ0v) is 67.0. The molecular weight excluding hydrogens is 1430 g/mol. The van der Waals surface area contributed by atoms with Gasteiger partial charge in [-0.2, -0.15) is 0 Å². The molecule has 15 nitrogen and oxygen atoms in total. The standard InChI is InChI=1S/C34H41NO3.C33H40N2O4.C33H39NO4/c1-25(37)33(30-16-8-9-17-30)32(34(38)35-31(24-36)23-27-11-4-2-5-12-27)18-10-13-26-19-21-29(22-20-26)28-14-6-3-7-15-28;36-23-29(22-25-10-3-1-4-11-25)34-32(37)30(31(33(38)35-39)28-15-7-8-16-28)17-9-12-24-18-20-27(21-19-24)26-13-5-2-6-14-26;35-23-29(22-25-10-3-1-4-11-25)34-32(36)30(31(33(37)38)28-15-7-8-16-28)17-9-12-24-18-20-27(21-19-24)26-13-5-2-6-14-26/h2-7,11-12,14-15,19-22,30-33,36H,8-10,13,16-18,23-24H2,1H3,(H,35,38);1-6,10-11,13-14,18-21,28-31,36,39H,7-9,12,15-17,22-23H2,(H,34,37)(H,35,38);1-6,10-11,13-14,18-21,28-31,35H,7-9,12,15-17,22-23H2,(H,34,36)(H,37,38)/t31-,32+,33-;2*29-,30+,31-/m000/s1. The molecule has 0 saturated heterocycles. The van der Waals surface area contributed by atoms with Crippen molar-refractivity contribution in [2.45, 2.75) is 179 Å². The lowest BCUT2D eigenvalue weighted by Crippen LogP contribution is -2.48. The summed E-state index contributed by atoms with van der Waals surface area (Å²) in [6.45, 7) is 1.14. The fourth-order valence-electron chi connectivity index (χ4n) is 18.0. The van der Waals surface area contributed by atoms with E-state index in [4.69, 9.17) is 0 Å². The number of ketones is 1. The summed E-state index contributed by atoms with van der Waals surface area (Å²) in [5.74, 6) is -4.61. The molecule has 606 valence electrons. The van der Waals surface area contributed by atoms with E-state index in [1.807, 2.05) is 151 Å². The average Bonchev–Trinajstić information content (AvgIpc) is 1.82. The lowest BCUT2D eigenvalue weighted by atomic mass is 9.75. The smallest absolute Gasteiger partial charge is 0.307 e. The number of aliphatic carboxylic acids is 1. The van der Waals surface area contributed by atoms with Crippen LogP contribution < -0.4 is 21.4 Å². The fraction of sp³-hybridized carbons (Fsp3) is 0.400. The summed E-state index contributed by atoms with van der Waals surface area (Å²) in [6.07, 6.45) is 19.8. The first kappa shape index (κ1) is 87.2. The maximum atomic E-state index is 13.7. The van der Waals surface area contributed by atoms with Gasteiger partial charge in [0, 0.05) is 17.8 Å². The summed E-state index contributed by atoms with van der Waals surface area (Å²) < 4.78 is 0. The quantitative estimate of drug-likeness (QED) is 0.0129. The number of hydrogen-bond acceptors (Lipinski definition) is 10. The predicted octanol–water partition coefficient (Wildman–Crippen LogP) is 17.6. The van der Waals surface area contributed by atoms with E-state index in [0.717, 1.165) is 143 Å². The SMILES string of the molecule is CC(=O)[C@@H](C1CCCC1)[C@@H](CCCc1ccc(-c2ccccc2)cc1)C(=O)N[C@H](CO)Cc1ccccc1.O=C(N[C@H](CO)Cc1ccccc1)[C@H](CCCc1ccc(-c2ccccc2)cc1)[C@@H](C(=O)NO)C1CCCC1.O=C(N[C@H](CO)Cc1ccccc1)[C@H](CCCc1ccc(-c2ccccc2)cc1)[C@@H](C(=O)O)C1CCCC1. The summed E-state index contributed by atoms with van der Waals surface area (Å²) in [5.41, 5.74) is 15.6. The first-order valence-electron chi connectivity index (χ1n) is 42.1. The van der Waals surface area contributed by atoms with E-state index in [1.165, 1.54) is 38.9 Å². The molecule has 3 fully saturated rings. The van der Waals surface area contributed by atoms with Crippen LogP contribution in [0, 0.1) is 53.3 Å². The summed E-state index contributed by atoms with van der Waals surface area (Å²) in [5, 5.41) is 58.9. The minimum Gasteiger partial charge on any atom is -0.481 e. The van der Waals surface area contributed by atoms with Gasteiger partial charge in [0.2, 0.25) is 23.6 Å². The number of nitrogens with one attached hydrogen (secondary N) is 4. The van der Waals surface area contributed by atoms with Crippen LogP contribution in [0.3, 0.4) is 0 Å². The van der Waals surface area contributed by atoms with E-state index < -0.39 is 47.6 Å². The van der Waals surface area contributed by atoms with Crippen molar-refractivity contribution in [3.63, 3.8) is 0 Å². The van der Waals surface area contributed by atoms with Crippen LogP contribution in [-0.2, 0) is 67.3 Å². The highest BCUT2D eigenvalue weighted by Gasteiger charge is 2.43. The molecule has 15 heteroatoms. The Morgan fingerprint density at radius 2 is 0.557 bits per heavy atom. The van der Waals surface area contributed by atoms with Crippen LogP contribution in [0.4, 0.5) is 0 Å². The molecule has 0 heterocycles. The van der Waals surface area contributed by atoms with Gasteiger partial charge in [-0.05, 0) is 207 Å². The highest BCUT2D eigenvalue weighted by Crippen LogP contribution is 2.41. The minimum absolute atomic E-state index is 0.0232. The number of hydroxylamine groups is 1. The van der Waals surface area contributed by atoms with Crippen LogP contribution >= 0.6 is 0 Å². The van der Waals surface area contributed by atoms with Crippen LogP contribution in [0.25, 0.3) is 33.4 Å². The number of hydrogen-bond donors (Lipinski definition) is 9. The van der Waals surface area contributed by atoms with Crippen molar-refractivity contribution in [2.24, 2.45) is 53.3 Å². The maximum Gasteiger partial charge on any atom is 0.307 e. The molecule has 3 saturated carbocycles. The molecule has 0 aromatic heterocycles. The fourth-order valence-corrected chi connectivity index (χ4v) is 18.0. The zero-order valence-electron chi connectivity index (χ0n) is 67.0. The molecule has 0 bridgehead atoms. The Balaban J connectivity index is 0.000000182. The molecule has 12 rings (SSSR count). The van der Waals surface area contributed by atoms with Crippen LogP contribution in [0.5, 0.6) is 0 Å². The van der Waals surface area contributed by atoms with Gasteiger partial charge in [0.25, 0.3) is 0 Å². The Morgan fingerprint density at radius 1 is 0.313 bits per heavy atom. The van der Waals surface area contributed by atoms with E-state index in [0.29, 0.717) is 38.5 Å². The Kier molecular flexibility index (Phi) is 35.7. The molecule has 115 heavy (non-hydrogen) atoms. The van der Waals surface area contributed by atoms with E-state index in [2.05, 4.69) is 125 Å². The van der Waals surface area contributed by atoms with Crippen molar-refractivity contribution in [2.75, 3.05) is 19.8 Å². The molecule has 3 aliphatic rings. The third-order valence-electron chi connectivity index (χ3n) is 24.0. The number of benzene rings is 9. The number of aryl methyl sites for hydroxylation is 3. The number of rotatable bonds is 39. The number of carbonyl (C=O) groups is 6. The summed E-state index contributed by atoms with van der Waals surface area (Å²) >= 11 is 0. The molecule has 0 radical (unpaired) electrons. The molecule has 9 atom stereocenters. The topological polar surface area (TPSA) is 252 Å². The van der Waals surface area contributed by atoms with Crippen LogP contribution in [0.1, 0.15) is 156 Å². The number of carboxylic acid groups (broad SMARTS) is 1. The van der Waals surface area contributed by atoms with Crippen LogP contribution in [0.2, 0.25) is 0 Å². The van der Waals surface area contributed by atoms with Crippen molar-refractivity contribution >= 4 is 35.4 Å². The molecule has 9 N–H and O–H groups in total. The van der Waals surface area contributed by atoms with Crippen LogP contribution in [-0.4, -0.2) is 99.0 Å². The van der Waals surface area contributed by atoms with Gasteiger partial charge >= 0.3 is 5.97 Å². The van der Waals surface area contributed by atoms with Crippen molar-refractivity contribution in [1.29, 1.82) is 0 Å². The van der Waals surface area contributed by atoms with Gasteiger partial charge in [0.1, 0.15) is 5.78 Å². The third kappa shape index (κ3) is 27.2. The van der Waals surface area contributed by atoms with Crippen molar-refractivity contribution in [3.8, 4) is 33.4 Å². The molecule has 0 aliphatic heterocycles. The summed E-state index contributed by atoms with van der Waals surface area (Å²) in [6, 6.07) is 84.5. The number of aliphatic hydroxyl groups is 3. The number of aliphatic hydroxyl groups excluding tert-OH is 3. The highest BCUT2D eigenvalue weighted by atomic mass is 16.5. The van der Waals surface area contributed by atoms with Crippen molar-refractivity contribution < 1.29 is 54.4 Å². The van der Waals surface area contributed by atoms with Gasteiger partial charge in [-0.1, -0.05) is 293 Å². The zero-order chi connectivity index (χ0) is 80.9. The number of Topliss-reactive ketones (excluding diaryl/α,β-unsaturated/α-hetero) is 1. The molecule has 9 aromatic carbocycles. The molecular formula is C100H120N4O11. The normalized spacial score (nSPS) is 16.0. The van der Waals surface area contributed by atoms with E-state index in [1.54, 1.807) is 6.92 Å². The molecule has 4 amide bonds. The Hall–Kier alpha value is -10.2. The average molecular weight is 1550 g/mol. The highest BCUT2D eigenvalue weighted by molar-refractivity contribution is 5.89. The first-order valence-corrected chi connectivity index (χ1v) is 42.1. The van der Waals surface area contributed by atoms with Gasteiger partial charge in [0.15, 0.2) is 0 Å². The Labute approximate surface area is 681 Å². The number of amides is 4. The number of carboxylic acids is 1. The van der Waals surface area contributed by atoms with E-state index in [9.17, 15) is 54.4 Å². The van der Waals surface area contributed by atoms with Gasteiger partial charge in [0.05, 0.1) is 55.7 Å². The summed E-state index contributed by atoms with van der Waals surface area (Å²) in [7, 11) is 0. The molecule has 0 unspecified atom stereocenters. The van der Waals surface area contributed by atoms with Crippen molar-refractivity contribution in [3.05, 3.63) is 288 Å². The Morgan fingerprint density at radius 3 is 0.817 bits per heavy atom. The number of carbonyl (C=O) groups excluding carboxylic acids is 5. The predicted molar refractivity (Wildman–Crippen MR) is 457 cm³/mol. The van der Waals surface area contributed by atoms with Gasteiger partial charge in [-0.25, -0.2) is 5.48 Å². The lowest BCUT2D eigenvalue weighted by Gasteiger charge is -2.30. The van der Waals surface area contributed by atoms with Gasteiger partial charge in [-0.15, -0.1) is 0 Å². The second kappa shape index (κ2) is 47.0. The Bertz CT molecular complexity index is 4140. The second-order valence-corrected chi connectivity index (χ2v) is 32.1. The maximum absolute atomic E-state index is 13.7. The molecule has 0 spiro atoms. The lowest BCUT2D eigenvalue weighted by molar-refractivity contribution is -0.150. The first-order chi connectivity index (χ1) is 56.2. The monoisotopic (exact) mass is 1550 g/mol. The summed E-state index contributed by atoms with van der Waals surface area (Å²) in [4.78, 5) is 79.2. The largest absolute Gasteiger partial charge is 0.481 e. The molecule has 3 aliphatic carbocycles. The van der Waals surface area contributed by atoms with Gasteiger partial charge < -0.3 is 36.4 Å².